The SMILES string of the molecule is COc1ccc([C@]2(C)NC(=O)N(NC(=O)c3ccc4ccccc4n3)C2=O)cc1. The number of nitrogens with zero attached hydrogens (tertiary/aromatic N) is 2. The molecule has 0 spiro atoms. The maximum absolute atomic E-state index is 12.9. The van der Waals surface area contributed by atoms with Gasteiger partial charge in [-0.3, -0.25) is 15.0 Å². The Bertz CT molecular complexity index is 1130. The molecule has 2 heterocycles. The second-order valence-electron chi connectivity index (χ2n) is 6.75. The molecule has 0 radical (unpaired) electrons. The van der Waals surface area contributed by atoms with Crippen LogP contribution in [-0.2, 0) is 10.3 Å². The maximum atomic E-state index is 12.9. The van der Waals surface area contributed by atoms with Gasteiger partial charge in [0.05, 0.1) is 12.6 Å². The molecule has 4 amide bonds. The normalized spacial score (nSPS) is 18.6. The van der Waals surface area contributed by atoms with Gasteiger partial charge in [0.1, 0.15) is 17.0 Å². The van der Waals surface area contributed by atoms with E-state index in [2.05, 4.69) is 15.7 Å². The van der Waals surface area contributed by atoms with Crippen LogP contribution in [0, 0.1) is 0 Å². The fourth-order valence-corrected chi connectivity index (χ4v) is 3.21. The number of fused-ring (bicyclic) bond motifs is 1. The highest BCUT2D eigenvalue weighted by Gasteiger charge is 2.50. The Balaban J connectivity index is 1.57. The van der Waals surface area contributed by atoms with Crippen LogP contribution in [0.1, 0.15) is 23.0 Å². The van der Waals surface area contributed by atoms with Crippen LogP contribution < -0.4 is 15.5 Å². The molecule has 1 aliphatic heterocycles. The molecule has 1 aromatic heterocycles. The molecule has 1 saturated heterocycles. The monoisotopic (exact) mass is 390 g/mol. The quantitative estimate of drug-likeness (QED) is 0.666. The maximum Gasteiger partial charge on any atom is 0.344 e. The number of methoxy groups -OCH3 is 1. The van der Waals surface area contributed by atoms with Crippen molar-refractivity contribution < 1.29 is 19.1 Å². The summed E-state index contributed by atoms with van der Waals surface area (Å²) in [6.07, 6.45) is 0. The molecule has 8 nitrogen and oxygen atoms in total. The molecule has 0 bridgehead atoms. The van der Waals surface area contributed by atoms with Gasteiger partial charge in [0.25, 0.3) is 11.8 Å². The van der Waals surface area contributed by atoms with Gasteiger partial charge in [-0.15, -0.1) is 0 Å². The lowest BCUT2D eigenvalue weighted by atomic mass is 9.92. The Kier molecular flexibility index (Phi) is 4.38. The fourth-order valence-electron chi connectivity index (χ4n) is 3.21. The summed E-state index contributed by atoms with van der Waals surface area (Å²) < 4.78 is 5.12. The molecular weight excluding hydrogens is 372 g/mol. The molecule has 2 aromatic carbocycles. The molecule has 1 aliphatic rings. The minimum atomic E-state index is -1.31. The number of hydrogen-bond acceptors (Lipinski definition) is 5. The van der Waals surface area contributed by atoms with E-state index in [4.69, 9.17) is 4.74 Å². The number of urea groups is 1. The van der Waals surface area contributed by atoms with E-state index in [1.807, 2.05) is 18.2 Å². The van der Waals surface area contributed by atoms with Crippen molar-refractivity contribution in [3.63, 3.8) is 0 Å². The van der Waals surface area contributed by atoms with E-state index in [1.54, 1.807) is 49.4 Å². The van der Waals surface area contributed by atoms with E-state index < -0.39 is 23.4 Å². The van der Waals surface area contributed by atoms with Crippen LogP contribution in [0.25, 0.3) is 10.9 Å². The third-order valence-corrected chi connectivity index (χ3v) is 4.90. The van der Waals surface area contributed by atoms with E-state index >= 15 is 0 Å². The second kappa shape index (κ2) is 6.90. The molecule has 0 aliphatic carbocycles. The summed E-state index contributed by atoms with van der Waals surface area (Å²) in [6.45, 7) is 1.58. The largest absolute Gasteiger partial charge is 0.497 e. The Morgan fingerprint density at radius 3 is 2.52 bits per heavy atom. The van der Waals surface area contributed by atoms with Crippen molar-refractivity contribution in [2.24, 2.45) is 0 Å². The first-order valence-electron chi connectivity index (χ1n) is 8.90. The first kappa shape index (κ1) is 18.4. The zero-order valence-electron chi connectivity index (χ0n) is 15.8. The third kappa shape index (κ3) is 3.14. The number of amides is 4. The summed E-state index contributed by atoms with van der Waals surface area (Å²) in [7, 11) is 1.54. The van der Waals surface area contributed by atoms with Crippen molar-refractivity contribution >= 4 is 28.7 Å². The van der Waals surface area contributed by atoms with Crippen LogP contribution in [0.4, 0.5) is 4.79 Å². The van der Waals surface area contributed by atoms with Crippen molar-refractivity contribution in [1.29, 1.82) is 0 Å². The van der Waals surface area contributed by atoms with Gasteiger partial charge in [-0.25, -0.2) is 9.78 Å². The van der Waals surface area contributed by atoms with Gasteiger partial charge in [0.2, 0.25) is 0 Å². The molecule has 3 aromatic rings. The first-order chi connectivity index (χ1) is 13.9. The van der Waals surface area contributed by atoms with Gasteiger partial charge in [-0.1, -0.05) is 36.4 Å². The van der Waals surface area contributed by atoms with E-state index in [0.29, 0.717) is 21.8 Å². The summed E-state index contributed by atoms with van der Waals surface area (Å²) in [6, 6.07) is 16.7. The predicted octanol–water partition coefficient (Wildman–Crippen LogP) is 2.36. The fraction of sp³-hybridized carbons (Fsp3) is 0.143. The number of para-hydroxylation sites is 1. The summed E-state index contributed by atoms with van der Waals surface area (Å²) >= 11 is 0. The van der Waals surface area contributed by atoms with Crippen molar-refractivity contribution in [1.82, 2.24) is 20.7 Å². The Morgan fingerprint density at radius 2 is 1.79 bits per heavy atom. The molecule has 0 unspecified atom stereocenters. The number of hydrogen-bond donors (Lipinski definition) is 2. The number of ether oxygens (including phenoxy) is 1. The standard InChI is InChI=1S/C21H18N4O4/c1-21(14-8-10-15(29-2)11-9-14)19(27)25(20(28)23-21)24-18(26)17-12-7-13-5-3-4-6-16(13)22-17/h3-12H,1-2H3,(H,23,28)(H,24,26)/t21-/m0/s1. The summed E-state index contributed by atoms with van der Waals surface area (Å²) in [5, 5.41) is 4.20. The highest BCUT2D eigenvalue weighted by Crippen LogP contribution is 2.29. The van der Waals surface area contributed by atoms with Gasteiger partial charge in [0.15, 0.2) is 0 Å². The van der Waals surface area contributed by atoms with Crippen molar-refractivity contribution in [3.8, 4) is 5.75 Å². The van der Waals surface area contributed by atoms with Crippen LogP contribution in [-0.4, -0.2) is 34.9 Å². The number of carbonyl (C=O) groups excluding carboxylic acids is 3. The van der Waals surface area contributed by atoms with Crippen molar-refractivity contribution in [3.05, 3.63) is 71.9 Å². The minimum Gasteiger partial charge on any atom is -0.497 e. The van der Waals surface area contributed by atoms with Gasteiger partial charge < -0.3 is 10.1 Å². The van der Waals surface area contributed by atoms with Crippen LogP contribution in [0.3, 0.4) is 0 Å². The van der Waals surface area contributed by atoms with Crippen molar-refractivity contribution in [2.45, 2.75) is 12.5 Å². The Labute approximate surface area is 166 Å². The first-order valence-corrected chi connectivity index (χ1v) is 8.90. The number of imide groups is 1. The molecule has 29 heavy (non-hydrogen) atoms. The average Bonchev–Trinajstić information content (AvgIpc) is 2.97. The Morgan fingerprint density at radius 1 is 1.07 bits per heavy atom. The third-order valence-electron chi connectivity index (χ3n) is 4.90. The van der Waals surface area contributed by atoms with Gasteiger partial charge >= 0.3 is 6.03 Å². The predicted molar refractivity (Wildman–Crippen MR) is 105 cm³/mol. The molecule has 146 valence electrons. The summed E-state index contributed by atoms with van der Waals surface area (Å²) in [5.74, 6) is -0.623. The number of carbonyl (C=O) groups is 3. The van der Waals surface area contributed by atoms with E-state index in [0.717, 1.165) is 5.39 Å². The second-order valence-corrected chi connectivity index (χ2v) is 6.75. The zero-order valence-corrected chi connectivity index (χ0v) is 15.8. The molecule has 2 N–H and O–H groups in total. The Hall–Kier alpha value is -3.94. The molecule has 1 fully saturated rings. The lowest BCUT2D eigenvalue weighted by molar-refractivity contribution is -0.132. The zero-order chi connectivity index (χ0) is 20.6. The van der Waals surface area contributed by atoms with E-state index in [1.165, 1.54) is 7.11 Å². The smallest absolute Gasteiger partial charge is 0.344 e. The molecule has 4 rings (SSSR count). The number of pyridine rings is 1. The molecule has 8 heteroatoms. The molecule has 0 saturated carbocycles. The van der Waals surface area contributed by atoms with Crippen molar-refractivity contribution in [2.75, 3.05) is 7.11 Å². The number of nitrogens with one attached hydrogen (secondary N) is 2. The van der Waals surface area contributed by atoms with Crippen LogP contribution in [0.15, 0.2) is 60.7 Å². The molecular formula is C21H18N4O4. The van der Waals surface area contributed by atoms with Crippen LogP contribution in [0.2, 0.25) is 0 Å². The number of hydrazine groups is 1. The van der Waals surface area contributed by atoms with Gasteiger partial charge in [-0.2, -0.15) is 5.01 Å². The highest BCUT2D eigenvalue weighted by molar-refractivity contribution is 6.09. The molecule has 1 atom stereocenters. The highest BCUT2D eigenvalue weighted by atomic mass is 16.5. The lowest BCUT2D eigenvalue weighted by Gasteiger charge is -2.22. The van der Waals surface area contributed by atoms with E-state index in [-0.39, 0.29) is 5.69 Å². The van der Waals surface area contributed by atoms with Gasteiger partial charge in [-0.05, 0) is 36.8 Å². The van der Waals surface area contributed by atoms with Gasteiger partial charge in [0, 0.05) is 5.39 Å². The van der Waals surface area contributed by atoms with Crippen LogP contribution in [0.5, 0.6) is 5.75 Å². The topological polar surface area (TPSA) is 101 Å². The van der Waals surface area contributed by atoms with E-state index in [9.17, 15) is 14.4 Å². The minimum absolute atomic E-state index is 0.0994. The number of benzene rings is 2. The number of aromatic nitrogens is 1. The number of rotatable bonds is 4. The van der Waals surface area contributed by atoms with Crippen LogP contribution >= 0.6 is 0 Å². The average molecular weight is 390 g/mol. The summed E-state index contributed by atoms with van der Waals surface area (Å²) in [5.41, 5.74) is 2.35. The lowest BCUT2D eigenvalue weighted by Crippen LogP contribution is -2.48. The summed E-state index contributed by atoms with van der Waals surface area (Å²) in [4.78, 5) is 42.2.